The molecule has 1 aliphatic rings. The second kappa shape index (κ2) is 5.91. The Morgan fingerprint density at radius 1 is 1.26 bits per heavy atom. The van der Waals surface area contributed by atoms with Crippen molar-refractivity contribution in [3.63, 3.8) is 0 Å². The number of ether oxygens (including phenoxy) is 2. The SMILES string of the molecule is COC(=O)c1c2c(n(C)c1/C=C/C(=O)[O-])C(=O)C=C(OC)C2=O. The number of carbonyl (C=O) groups is 4. The molecule has 0 saturated carbocycles. The van der Waals surface area contributed by atoms with E-state index < -0.39 is 23.5 Å². The van der Waals surface area contributed by atoms with E-state index in [1.807, 2.05) is 0 Å². The average molecular weight is 318 g/mol. The number of carbonyl (C=O) groups excluding carboxylic acids is 4. The van der Waals surface area contributed by atoms with Gasteiger partial charge in [-0.05, 0) is 12.2 Å². The molecule has 0 amide bonds. The highest BCUT2D eigenvalue weighted by Gasteiger charge is 2.37. The fourth-order valence-corrected chi connectivity index (χ4v) is 2.39. The largest absolute Gasteiger partial charge is 0.545 e. The van der Waals surface area contributed by atoms with Crippen LogP contribution in [-0.2, 0) is 21.3 Å². The molecular formula is C15H12NO7-. The molecule has 0 bridgehead atoms. The smallest absolute Gasteiger partial charge is 0.340 e. The lowest BCUT2D eigenvalue weighted by atomic mass is 9.96. The third kappa shape index (κ3) is 2.54. The molecule has 2 rings (SSSR count). The Hall–Kier alpha value is -3.16. The number of aromatic nitrogens is 1. The van der Waals surface area contributed by atoms with E-state index >= 15 is 0 Å². The molecule has 1 heterocycles. The maximum Gasteiger partial charge on any atom is 0.340 e. The molecule has 1 aromatic heterocycles. The van der Waals surface area contributed by atoms with Crippen molar-refractivity contribution in [3.05, 3.63) is 40.4 Å². The average Bonchev–Trinajstić information content (AvgIpc) is 2.81. The van der Waals surface area contributed by atoms with Gasteiger partial charge in [-0.3, -0.25) is 9.59 Å². The second-order valence-electron chi connectivity index (χ2n) is 4.59. The summed E-state index contributed by atoms with van der Waals surface area (Å²) in [5, 5.41) is 10.6. The molecule has 120 valence electrons. The van der Waals surface area contributed by atoms with E-state index in [0.717, 1.165) is 19.3 Å². The normalized spacial score (nSPS) is 13.8. The van der Waals surface area contributed by atoms with E-state index in [4.69, 9.17) is 4.74 Å². The number of carboxylic acid groups (broad SMARTS) is 1. The van der Waals surface area contributed by atoms with Gasteiger partial charge >= 0.3 is 5.97 Å². The van der Waals surface area contributed by atoms with Gasteiger partial charge in [0.05, 0.1) is 37.0 Å². The lowest BCUT2D eigenvalue weighted by molar-refractivity contribution is -0.297. The third-order valence-electron chi connectivity index (χ3n) is 3.37. The minimum Gasteiger partial charge on any atom is -0.545 e. The maximum atomic E-state index is 12.4. The molecule has 0 fully saturated rings. The molecule has 0 spiro atoms. The standard InChI is InChI=1S/C15H13NO7/c1-16-7(4-5-10(18)19)11(15(21)23-3)12-13(16)8(17)6-9(22-2)14(12)20/h4-6H,1-3H3,(H,18,19)/p-1/b5-4+. The van der Waals surface area contributed by atoms with Crippen LogP contribution < -0.4 is 5.11 Å². The zero-order valence-electron chi connectivity index (χ0n) is 12.5. The highest BCUT2D eigenvalue weighted by atomic mass is 16.5. The molecule has 8 heteroatoms. The lowest BCUT2D eigenvalue weighted by Gasteiger charge is -2.12. The number of hydrogen-bond donors (Lipinski definition) is 0. The zero-order valence-corrected chi connectivity index (χ0v) is 12.5. The molecule has 8 nitrogen and oxygen atoms in total. The van der Waals surface area contributed by atoms with Crippen LogP contribution >= 0.6 is 0 Å². The number of ketones is 2. The molecular weight excluding hydrogens is 306 g/mol. The van der Waals surface area contributed by atoms with E-state index in [1.54, 1.807) is 0 Å². The molecule has 0 unspecified atom stereocenters. The van der Waals surface area contributed by atoms with Crippen molar-refractivity contribution in [3.8, 4) is 0 Å². The summed E-state index contributed by atoms with van der Waals surface area (Å²) in [4.78, 5) is 47.3. The van der Waals surface area contributed by atoms with Gasteiger partial charge in [0.25, 0.3) is 0 Å². The highest BCUT2D eigenvalue weighted by molar-refractivity contribution is 6.27. The van der Waals surface area contributed by atoms with Gasteiger partial charge in [-0.15, -0.1) is 0 Å². The van der Waals surface area contributed by atoms with Crippen molar-refractivity contribution in [1.82, 2.24) is 4.57 Å². The predicted molar refractivity (Wildman–Crippen MR) is 74.5 cm³/mol. The van der Waals surface area contributed by atoms with Crippen LogP contribution in [0.3, 0.4) is 0 Å². The van der Waals surface area contributed by atoms with Crippen LogP contribution in [0.5, 0.6) is 0 Å². The summed E-state index contributed by atoms with van der Waals surface area (Å²) in [7, 11) is 3.76. The molecule has 0 aromatic carbocycles. The number of aliphatic carboxylic acids is 1. The van der Waals surface area contributed by atoms with Crippen LogP contribution in [0, 0.1) is 0 Å². The minimum absolute atomic E-state index is 0.0403. The number of allylic oxidation sites excluding steroid dienone is 2. The van der Waals surface area contributed by atoms with Crippen LogP contribution in [0.2, 0.25) is 0 Å². The fraction of sp³-hybridized carbons (Fsp3) is 0.200. The van der Waals surface area contributed by atoms with Gasteiger partial charge in [0.1, 0.15) is 5.69 Å². The summed E-state index contributed by atoms with van der Waals surface area (Å²) in [5.74, 6) is -3.79. The topological polar surface area (TPSA) is 115 Å². The molecule has 0 aliphatic heterocycles. The Bertz CT molecular complexity index is 795. The van der Waals surface area contributed by atoms with E-state index in [2.05, 4.69) is 4.74 Å². The number of nitrogens with zero attached hydrogens (tertiary/aromatic N) is 1. The van der Waals surface area contributed by atoms with E-state index in [1.165, 1.54) is 18.7 Å². The third-order valence-corrected chi connectivity index (χ3v) is 3.37. The van der Waals surface area contributed by atoms with Crippen molar-refractivity contribution in [2.45, 2.75) is 0 Å². The summed E-state index contributed by atoms with van der Waals surface area (Å²) in [6.07, 6.45) is 2.76. The second-order valence-corrected chi connectivity index (χ2v) is 4.59. The van der Waals surface area contributed by atoms with Crippen molar-refractivity contribution < 1.29 is 33.8 Å². The Balaban J connectivity index is 2.81. The Labute approximate surface area is 130 Å². The minimum atomic E-state index is -1.49. The number of carboxylic acids is 1. The predicted octanol–water partition coefficient (Wildman–Crippen LogP) is -0.516. The number of rotatable bonds is 4. The van der Waals surface area contributed by atoms with E-state index in [0.29, 0.717) is 6.08 Å². The van der Waals surface area contributed by atoms with E-state index in [-0.39, 0.29) is 28.3 Å². The Morgan fingerprint density at radius 2 is 1.91 bits per heavy atom. The first-order valence-electron chi connectivity index (χ1n) is 6.38. The van der Waals surface area contributed by atoms with Gasteiger partial charge in [-0.2, -0.15) is 0 Å². The summed E-state index contributed by atoms with van der Waals surface area (Å²) < 4.78 is 10.8. The van der Waals surface area contributed by atoms with Gasteiger partial charge in [-0.1, -0.05) is 0 Å². The molecule has 23 heavy (non-hydrogen) atoms. The van der Waals surface area contributed by atoms with Crippen LogP contribution in [0.25, 0.3) is 6.08 Å². The van der Waals surface area contributed by atoms with Gasteiger partial charge in [0, 0.05) is 13.1 Å². The van der Waals surface area contributed by atoms with E-state index in [9.17, 15) is 24.3 Å². The lowest BCUT2D eigenvalue weighted by Crippen LogP contribution is -2.21. The van der Waals surface area contributed by atoms with Gasteiger partial charge < -0.3 is 23.9 Å². The van der Waals surface area contributed by atoms with Crippen LogP contribution in [0.1, 0.15) is 36.9 Å². The maximum absolute atomic E-state index is 12.4. The van der Waals surface area contributed by atoms with Crippen LogP contribution in [0.4, 0.5) is 0 Å². The summed E-state index contributed by atoms with van der Waals surface area (Å²) in [6.45, 7) is 0. The molecule has 1 aromatic rings. The van der Waals surface area contributed by atoms with Crippen molar-refractivity contribution in [2.75, 3.05) is 14.2 Å². The highest BCUT2D eigenvalue weighted by Crippen LogP contribution is 2.31. The van der Waals surface area contributed by atoms with Crippen LogP contribution in [0.15, 0.2) is 17.9 Å². The quantitative estimate of drug-likeness (QED) is 0.542. The molecule has 0 radical (unpaired) electrons. The van der Waals surface area contributed by atoms with Crippen LogP contribution in [-0.4, -0.2) is 42.3 Å². The van der Waals surface area contributed by atoms with Crippen molar-refractivity contribution in [1.29, 1.82) is 0 Å². The number of hydrogen-bond acceptors (Lipinski definition) is 7. The molecule has 1 aliphatic carbocycles. The van der Waals surface area contributed by atoms with Crippen molar-refractivity contribution >= 4 is 29.6 Å². The van der Waals surface area contributed by atoms with Gasteiger partial charge in [0.2, 0.25) is 11.6 Å². The first-order chi connectivity index (χ1) is 10.8. The van der Waals surface area contributed by atoms with Gasteiger partial charge in [0.15, 0.2) is 5.76 Å². The Morgan fingerprint density at radius 3 is 2.43 bits per heavy atom. The zero-order chi connectivity index (χ0) is 17.3. The number of methoxy groups -OCH3 is 2. The monoisotopic (exact) mass is 318 g/mol. The molecule has 0 N–H and O–H groups in total. The number of esters is 1. The Kier molecular flexibility index (Phi) is 4.17. The summed E-state index contributed by atoms with van der Waals surface area (Å²) in [6, 6.07) is 0. The molecule has 0 atom stereocenters. The fourth-order valence-electron chi connectivity index (χ4n) is 2.39. The number of fused-ring (bicyclic) bond motifs is 1. The summed E-state index contributed by atoms with van der Waals surface area (Å²) in [5.41, 5.74) is -0.391. The number of Topliss-reactive ketones (excluding diaryl/α,β-unsaturated/α-hetero) is 1. The van der Waals surface area contributed by atoms with Gasteiger partial charge in [-0.25, -0.2) is 4.79 Å². The summed E-state index contributed by atoms with van der Waals surface area (Å²) >= 11 is 0. The van der Waals surface area contributed by atoms with Crippen molar-refractivity contribution in [2.24, 2.45) is 7.05 Å². The molecule has 0 saturated heterocycles. The first-order valence-corrected chi connectivity index (χ1v) is 6.38. The first kappa shape index (κ1) is 16.2.